The molecule has 0 bridgehead atoms. The summed E-state index contributed by atoms with van der Waals surface area (Å²) < 4.78 is 5.81. The third-order valence-electron chi connectivity index (χ3n) is 6.24. The van der Waals surface area contributed by atoms with Crippen molar-refractivity contribution in [3.8, 4) is 0 Å². The van der Waals surface area contributed by atoms with Crippen LogP contribution in [0.1, 0.15) is 26.7 Å². The van der Waals surface area contributed by atoms with Gasteiger partial charge in [0, 0.05) is 71.2 Å². The summed E-state index contributed by atoms with van der Waals surface area (Å²) in [7, 11) is 0. The average molecular weight is 354 g/mol. The fraction of sp³-hybridized carbons (Fsp3) is 0.944. The molecule has 7 nitrogen and oxygen atoms in total. The topological polar surface area (TPSA) is 59.5 Å². The Hall–Kier alpha value is -0.890. The molecule has 0 radical (unpaired) electrons. The van der Waals surface area contributed by atoms with E-state index in [4.69, 9.17) is 4.74 Å². The van der Waals surface area contributed by atoms with Gasteiger partial charge in [-0.2, -0.15) is 0 Å². The number of carbonyl (C=O) groups is 1. The number of likely N-dealkylation sites (tertiary alicyclic amines) is 1. The molecule has 0 aromatic rings. The Labute approximate surface area is 151 Å². The van der Waals surface area contributed by atoms with E-state index in [2.05, 4.69) is 21.6 Å². The molecule has 7 heteroatoms. The number of aliphatic hydroxyl groups excluding tert-OH is 1. The first kappa shape index (κ1) is 18.9. The van der Waals surface area contributed by atoms with Crippen molar-refractivity contribution in [3.63, 3.8) is 0 Å². The molecule has 0 unspecified atom stereocenters. The Balaban J connectivity index is 1.44. The first-order valence-electron chi connectivity index (χ1n) is 9.83. The third kappa shape index (κ3) is 4.45. The van der Waals surface area contributed by atoms with E-state index in [1.54, 1.807) is 0 Å². The quantitative estimate of drug-likeness (QED) is 0.740. The summed E-state index contributed by atoms with van der Waals surface area (Å²) in [5.41, 5.74) is -0.302. The van der Waals surface area contributed by atoms with Gasteiger partial charge in [-0.25, -0.2) is 4.79 Å². The second kappa shape index (κ2) is 8.20. The standard InChI is InChI=1S/C18H34N4O3/c1-3-19-8-10-20(11-9-19)12-13-22-15-18(25-17(22)24)4-6-21(7-5-18)16(2)14-23/h16,23H,3-15H2,1-2H3/t16-/m1/s1. The molecular formula is C18H34N4O3. The van der Waals surface area contributed by atoms with Gasteiger partial charge in [-0.15, -0.1) is 0 Å². The van der Waals surface area contributed by atoms with Crippen molar-refractivity contribution in [2.75, 3.05) is 72.1 Å². The highest BCUT2D eigenvalue weighted by Gasteiger charge is 2.47. The number of hydrogen-bond acceptors (Lipinski definition) is 6. The van der Waals surface area contributed by atoms with Crippen molar-refractivity contribution in [2.24, 2.45) is 0 Å². The zero-order valence-corrected chi connectivity index (χ0v) is 15.8. The van der Waals surface area contributed by atoms with Crippen LogP contribution in [0.3, 0.4) is 0 Å². The number of amides is 1. The third-order valence-corrected chi connectivity index (χ3v) is 6.24. The van der Waals surface area contributed by atoms with Gasteiger partial charge in [0.2, 0.25) is 0 Å². The van der Waals surface area contributed by atoms with Crippen molar-refractivity contribution in [1.82, 2.24) is 19.6 Å². The van der Waals surface area contributed by atoms with Crippen molar-refractivity contribution in [3.05, 3.63) is 0 Å². The minimum atomic E-state index is -0.302. The maximum atomic E-state index is 12.3. The van der Waals surface area contributed by atoms with Crippen LogP contribution in [-0.2, 0) is 4.74 Å². The maximum Gasteiger partial charge on any atom is 0.410 e. The van der Waals surface area contributed by atoms with Gasteiger partial charge in [-0.1, -0.05) is 6.92 Å². The summed E-state index contributed by atoms with van der Waals surface area (Å²) in [6.07, 6.45) is 1.60. The van der Waals surface area contributed by atoms with Crippen LogP contribution in [0.5, 0.6) is 0 Å². The minimum Gasteiger partial charge on any atom is -0.441 e. The van der Waals surface area contributed by atoms with Gasteiger partial charge in [0.05, 0.1) is 13.2 Å². The van der Waals surface area contributed by atoms with E-state index >= 15 is 0 Å². The highest BCUT2D eigenvalue weighted by atomic mass is 16.6. The molecule has 0 aliphatic carbocycles. The second-order valence-corrected chi connectivity index (χ2v) is 7.82. The van der Waals surface area contributed by atoms with Crippen LogP contribution in [0.2, 0.25) is 0 Å². The van der Waals surface area contributed by atoms with Crippen molar-refractivity contribution >= 4 is 6.09 Å². The van der Waals surface area contributed by atoms with Crippen LogP contribution in [0.25, 0.3) is 0 Å². The largest absolute Gasteiger partial charge is 0.441 e. The number of piperidine rings is 1. The Kier molecular flexibility index (Phi) is 6.20. The van der Waals surface area contributed by atoms with Crippen molar-refractivity contribution < 1.29 is 14.6 Å². The lowest BCUT2D eigenvalue weighted by molar-refractivity contribution is -0.0145. The van der Waals surface area contributed by atoms with Crippen LogP contribution < -0.4 is 0 Å². The van der Waals surface area contributed by atoms with Gasteiger partial charge in [0.25, 0.3) is 0 Å². The molecule has 144 valence electrons. The first-order valence-corrected chi connectivity index (χ1v) is 9.83. The summed E-state index contributed by atoms with van der Waals surface area (Å²) >= 11 is 0. The molecule has 3 saturated heterocycles. The Morgan fingerprint density at radius 2 is 1.72 bits per heavy atom. The van der Waals surface area contributed by atoms with E-state index in [1.165, 1.54) is 0 Å². The Morgan fingerprint density at radius 1 is 1.08 bits per heavy atom. The number of aliphatic hydroxyl groups is 1. The number of hydrogen-bond donors (Lipinski definition) is 1. The number of nitrogens with zero attached hydrogens (tertiary/aromatic N) is 4. The van der Waals surface area contributed by atoms with Crippen molar-refractivity contribution in [2.45, 2.75) is 38.3 Å². The molecule has 0 aromatic carbocycles. The number of piperazine rings is 1. The molecule has 3 fully saturated rings. The zero-order valence-electron chi connectivity index (χ0n) is 15.8. The normalized spacial score (nSPS) is 27.0. The number of likely N-dealkylation sites (N-methyl/N-ethyl adjacent to an activating group) is 1. The summed E-state index contributed by atoms with van der Waals surface area (Å²) in [6.45, 7) is 14.2. The second-order valence-electron chi connectivity index (χ2n) is 7.82. The Morgan fingerprint density at radius 3 is 2.32 bits per heavy atom. The van der Waals surface area contributed by atoms with Gasteiger partial charge in [-0.05, 0) is 13.5 Å². The van der Waals surface area contributed by atoms with E-state index in [0.717, 1.165) is 78.3 Å². The molecule has 1 spiro atoms. The molecule has 3 aliphatic heterocycles. The van der Waals surface area contributed by atoms with E-state index in [0.29, 0.717) is 0 Å². The molecule has 1 amide bonds. The SMILES string of the molecule is CCN1CCN(CCN2CC3(CCN([C@H](C)CO)CC3)OC2=O)CC1. The summed E-state index contributed by atoms with van der Waals surface area (Å²) in [4.78, 5) is 21.4. The van der Waals surface area contributed by atoms with Gasteiger partial charge in [-0.3, -0.25) is 9.80 Å². The van der Waals surface area contributed by atoms with Gasteiger partial charge < -0.3 is 19.6 Å². The lowest BCUT2D eigenvalue weighted by Crippen LogP contribution is -2.51. The molecule has 1 atom stereocenters. The highest BCUT2D eigenvalue weighted by Crippen LogP contribution is 2.33. The van der Waals surface area contributed by atoms with Crippen LogP contribution in [0, 0.1) is 0 Å². The molecule has 0 aromatic heterocycles. The monoisotopic (exact) mass is 354 g/mol. The first-order chi connectivity index (χ1) is 12.0. The molecule has 3 rings (SSSR count). The summed E-state index contributed by atoms with van der Waals surface area (Å²) in [5.74, 6) is 0. The number of rotatable bonds is 6. The summed E-state index contributed by atoms with van der Waals surface area (Å²) in [6, 6.07) is 0.187. The molecule has 0 saturated carbocycles. The van der Waals surface area contributed by atoms with Crippen LogP contribution in [0.15, 0.2) is 0 Å². The van der Waals surface area contributed by atoms with E-state index < -0.39 is 0 Å². The molecular weight excluding hydrogens is 320 g/mol. The van der Waals surface area contributed by atoms with Crippen LogP contribution >= 0.6 is 0 Å². The van der Waals surface area contributed by atoms with Gasteiger partial charge in [0.1, 0.15) is 5.60 Å². The minimum absolute atomic E-state index is 0.143. The van der Waals surface area contributed by atoms with E-state index in [9.17, 15) is 9.90 Å². The maximum absolute atomic E-state index is 12.3. The molecule has 3 aliphatic rings. The number of carbonyl (C=O) groups excluding carboxylic acids is 1. The predicted molar refractivity (Wildman–Crippen MR) is 96.7 cm³/mol. The molecule has 25 heavy (non-hydrogen) atoms. The lowest BCUT2D eigenvalue weighted by Gasteiger charge is -2.39. The molecule has 1 N–H and O–H groups in total. The summed E-state index contributed by atoms with van der Waals surface area (Å²) in [5, 5.41) is 9.31. The number of ether oxygens (including phenoxy) is 1. The van der Waals surface area contributed by atoms with Crippen LogP contribution in [-0.4, -0.2) is 114 Å². The lowest BCUT2D eigenvalue weighted by atomic mass is 9.90. The fourth-order valence-corrected chi connectivity index (χ4v) is 4.20. The zero-order chi connectivity index (χ0) is 17.9. The smallest absolute Gasteiger partial charge is 0.410 e. The van der Waals surface area contributed by atoms with E-state index in [1.807, 2.05) is 11.8 Å². The fourth-order valence-electron chi connectivity index (χ4n) is 4.20. The highest BCUT2D eigenvalue weighted by molar-refractivity contribution is 5.70. The predicted octanol–water partition coefficient (Wildman–Crippen LogP) is 0.292. The van der Waals surface area contributed by atoms with Crippen LogP contribution in [0.4, 0.5) is 4.79 Å². The molecule has 3 heterocycles. The average Bonchev–Trinajstić information content (AvgIpc) is 2.95. The van der Waals surface area contributed by atoms with Gasteiger partial charge >= 0.3 is 6.09 Å². The van der Waals surface area contributed by atoms with E-state index in [-0.39, 0.29) is 24.3 Å². The van der Waals surface area contributed by atoms with Gasteiger partial charge in [0.15, 0.2) is 0 Å². The Bertz CT molecular complexity index is 446. The van der Waals surface area contributed by atoms with Crippen molar-refractivity contribution in [1.29, 1.82) is 0 Å².